The van der Waals surface area contributed by atoms with E-state index in [9.17, 15) is 4.79 Å². The Bertz CT molecular complexity index is 1030. The third kappa shape index (κ3) is 5.38. The highest BCUT2D eigenvalue weighted by Crippen LogP contribution is 2.29. The van der Waals surface area contributed by atoms with Crippen LogP contribution in [0.5, 0.6) is 17.2 Å². The molecular weight excluding hydrogens is 414 g/mol. The summed E-state index contributed by atoms with van der Waals surface area (Å²) in [5.74, 6) is 3.26. The molecule has 0 radical (unpaired) electrons. The SMILES string of the molecule is COc1ccc(-c2nnc(SCC(=O)c3ccc(OC)cc3OC)n2CC(C)C)cc1. The van der Waals surface area contributed by atoms with Crippen molar-refractivity contribution in [1.29, 1.82) is 0 Å². The lowest BCUT2D eigenvalue weighted by atomic mass is 10.1. The van der Waals surface area contributed by atoms with Gasteiger partial charge in [0.25, 0.3) is 0 Å². The van der Waals surface area contributed by atoms with E-state index < -0.39 is 0 Å². The van der Waals surface area contributed by atoms with Gasteiger partial charge in [0.05, 0.1) is 32.6 Å². The van der Waals surface area contributed by atoms with Crippen molar-refractivity contribution in [2.45, 2.75) is 25.5 Å². The fourth-order valence-corrected chi connectivity index (χ4v) is 3.95. The standard InChI is InChI=1S/C23H27N3O4S/c1-15(2)13-26-22(16-6-8-17(28-3)9-7-16)24-25-23(26)31-14-20(27)19-11-10-18(29-4)12-21(19)30-5/h6-12,15H,13-14H2,1-5H3. The molecular formula is C23H27N3O4S. The second-order valence-corrected chi connectivity index (χ2v) is 8.26. The minimum atomic E-state index is -0.0467. The molecule has 0 N–H and O–H groups in total. The van der Waals surface area contributed by atoms with Gasteiger partial charge in [0, 0.05) is 18.2 Å². The lowest BCUT2D eigenvalue weighted by Crippen LogP contribution is -2.10. The van der Waals surface area contributed by atoms with Crippen LogP contribution < -0.4 is 14.2 Å². The monoisotopic (exact) mass is 441 g/mol. The molecule has 3 aromatic rings. The number of methoxy groups -OCH3 is 3. The number of hydrogen-bond donors (Lipinski definition) is 0. The van der Waals surface area contributed by atoms with E-state index in [2.05, 4.69) is 28.6 Å². The number of ketones is 1. The van der Waals surface area contributed by atoms with Crippen molar-refractivity contribution < 1.29 is 19.0 Å². The van der Waals surface area contributed by atoms with E-state index in [1.54, 1.807) is 39.5 Å². The van der Waals surface area contributed by atoms with E-state index in [1.807, 2.05) is 24.3 Å². The van der Waals surface area contributed by atoms with Crippen molar-refractivity contribution in [1.82, 2.24) is 14.8 Å². The molecule has 0 bridgehead atoms. The van der Waals surface area contributed by atoms with Crippen LogP contribution in [0.1, 0.15) is 24.2 Å². The summed E-state index contributed by atoms with van der Waals surface area (Å²) in [7, 11) is 4.76. The Morgan fingerprint density at radius 1 is 0.968 bits per heavy atom. The summed E-state index contributed by atoms with van der Waals surface area (Å²) in [6.45, 7) is 5.02. The van der Waals surface area contributed by atoms with Gasteiger partial charge in [-0.15, -0.1) is 10.2 Å². The van der Waals surface area contributed by atoms with Crippen LogP contribution in [-0.4, -0.2) is 47.6 Å². The molecule has 0 fully saturated rings. The molecule has 1 aromatic heterocycles. The van der Waals surface area contributed by atoms with E-state index in [-0.39, 0.29) is 11.5 Å². The Kier molecular flexibility index (Phi) is 7.57. The van der Waals surface area contributed by atoms with Gasteiger partial charge in [0.2, 0.25) is 0 Å². The normalized spacial score (nSPS) is 10.9. The zero-order valence-electron chi connectivity index (χ0n) is 18.4. The third-order valence-electron chi connectivity index (χ3n) is 4.65. The first-order valence-electron chi connectivity index (χ1n) is 9.92. The van der Waals surface area contributed by atoms with Gasteiger partial charge < -0.3 is 18.8 Å². The molecule has 0 aliphatic rings. The van der Waals surface area contributed by atoms with Gasteiger partial charge in [0.1, 0.15) is 17.2 Å². The van der Waals surface area contributed by atoms with Crippen LogP contribution in [0, 0.1) is 5.92 Å². The number of carbonyl (C=O) groups excluding carboxylic acids is 1. The van der Waals surface area contributed by atoms with Crippen molar-refractivity contribution in [2.24, 2.45) is 5.92 Å². The van der Waals surface area contributed by atoms with Gasteiger partial charge in [-0.3, -0.25) is 4.79 Å². The number of hydrogen-bond acceptors (Lipinski definition) is 7. The first-order chi connectivity index (χ1) is 15.0. The predicted molar refractivity (Wildman–Crippen MR) is 121 cm³/mol. The Morgan fingerprint density at radius 3 is 2.26 bits per heavy atom. The Hall–Kier alpha value is -3.00. The molecule has 0 saturated carbocycles. The van der Waals surface area contributed by atoms with E-state index in [4.69, 9.17) is 14.2 Å². The predicted octanol–water partition coefficient (Wildman–Crippen LogP) is 4.60. The van der Waals surface area contributed by atoms with Gasteiger partial charge in [-0.05, 0) is 42.3 Å². The van der Waals surface area contributed by atoms with Gasteiger partial charge in [-0.2, -0.15) is 0 Å². The molecule has 0 saturated heterocycles. The summed E-state index contributed by atoms with van der Waals surface area (Å²) in [6, 6.07) is 12.9. The lowest BCUT2D eigenvalue weighted by Gasteiger charge is -2.13. The second-order valence-electron chi connectivity index (χ2n) is 7.32. The highest BCUT2D eigenvalue weighted by Gasteiger charge is 2.19. The third-order valence-corrected chi connectivity index (χ3v) is 5.62. The fraction of sp³-hybridized carbons (Fsp3) is 0.348. The quantitative estimate of drug-likeness (QED) is 0.336. The average molecular weight is 442 g/mol. The molecule has 31 heavy (non-hydrogen) atoms. The Morgan fingerprint density at radius 2 is 1.65 bits per heavy atom. The number of thioether (sulfide) groups is 1. The summed E-state index contributed by atoms with van der Waals surface area (Å²) < 4.78 is 17.9. The molecule has 7 nitrogen and oxygen atoms in total. The Balaban J connectivity index is 1.82. The molecule has 0 amide bonds. The highest BCUT2D eigenvalue weighted by atomic mass is 32.2. The first kappa shape index (κ1) is 22.7. The zero-order valence-corrected chi connectivity index (χ0v) is 19.2. The number of aromatic nitrogens is 3. The zero-order chi connectivity index (χ0) is 22.4. The number of rotatable bonds is 10. The van der Waals surface area contributed by atoms with Crippen LogP contribution in [0.4, 0.5) is 0 Å². The molecule has 164 valence electrons. The van der Waals surface area contributed by atoms with Crippen molar-refractivity contribution in [2.75, 3.05) is 27.1 Å². The molecule has 3 rings (SSSR count). The topological polar surface area (TPSA) is 75.5 Å². The van der Waals surface area contributed by atoms with Crippen LogP contribution in [0.25, 0.3) is 11.4 Å². The molecule has 2 aromatic carbocycles. The van der Waals surface area contributed by atoms with Crippen molar-refractivity contribution in [3.63, 3.8) is 0 Å². The molecule has 1 heterocycles. The van der Waals surface area contributed by atoms with E-state index in [0.717, 1.165) is 23.7 Å². The summed E-state index contributed by atoms with van der Waals surface area (Å²) in [4.78, 5) is 12.9. The lowest BCUT2D eigenvalue weighted by molar-refractivity contribution is 0.101. The number of carbonyl (C=O) groups is 1. The van der Waals surface area contributed by atoms with Crippen LogP contribution in [-0.2, 0) is 6.54 Å². The van der Waals surface area contributed by atoms with E-state index in [0.29, 0.717) is 28.1 Å². The maximum Gasteiger partial charge on any atom is 0.191 e. The van der Waals surface area contributed by atoms with Gasteiger partial charge in [0.15, 0.2) is 16.8 Å². The highest BCUT2D eigenvalue weighted by molar-refractivity contribution is 7.99. The van der Waals surface area contributed by atoms with Crippen LogP contribution in [0.15, 0.2) is 47.6 Å². The van der Waals surface area contributed by atoms with Gasteiger partial charge in [-0.25, -0.2) is 0 Å². The van der Waals surface area contributed by atoms with Crippen molar-refractivity contribution >= 4 is 17.5 Å². The van der Waals surface area contributed by atoms with Gasteiger partial charge in [-0.1, -0.05) is 25.6 Å². The minimum Gasteiger partial charge on any atom is -0.497 e. The molecule has 0 aliphatic carbocycles. The minimum absolute atomic E-state index is 0.0467. The maximum absolute atomic E-state index is 12.9. The number of Topliss-reactive ketones (excluding diaryl/α,β-unsaturated/α-hetero) is 1. The van der Waals surface area contributed by atoms with Crippen LogP contribution in [0.3, 0.4) is 0 Å². The van der Waals surface area contributed by atoms with Crippen molar-refractivity contribution in [3.8, 4) is 28.6 Å². The number of ether oxygens (including phenoxy) is 3. The largest absolute Gasteiger partial charge is 0.497 e. The molecule has 0 aliphatic heterocycles. The number of benzene rings is 2. The summed E-state index contributed by atoms with van der Waals surface area (Å²) in [5, 5.41) is 9.47. The first-order valence-corrected chi connectivity index (χ1v) is 10.9. The van der Waals surface area contributed by atoms with Gasteiger partial charge >= 0.3 is 0 Å². The van der Waals surface area contributed by atoms with Crippen LogP contribution in [0.2, 0.25) is 0 Å². The van der Waals surface area contributed by atoms with Crippen molar-refractivity contribution in [3.05, 3.63) is 48.0 Å². The molecule has 0 atom stereocenters. The fourth-order valence-electron chi connectivity index (χ4n) is 3.12. The summed E-state index contributed by atoms with van der Waals surface area (Å²) in [6.07, 6.45) is 0. The summed E-state index contributed by atoms with van der Waals surface area (Å²) in [5.41, 5.74) is 1.46. The molecule has 8 heteroatoms. The van der Waals surface area contributed by atoms with E-state index in [1.165, 1.54) is 11.8 Å². The smallest absolute Gasteiger partial charge is 0.191 e. The Labute approximate surface area is 186 Å². The molecule has 0 spiro atoms. The maximum atomic E-state index is 12.9. The second kappa shape index (κ2) is 10.3. The number of nitrogens with zero attached hydrogens (tertiary/aromatic N) is 3. The molecule has 0 unspecified atom stereocenters. The van der Waals surface area contributed by atoms with Crippen LogP contribution >= 0.6 is 11.8 Å². The van der Waals surface area contributed by atoms with E-state index >= 15 is 0 Å². The average Bonchev–Trinajstić information content (AvgIpc) is 3.18. The summed E-state index contributed by atoms with van der Waals surface area (Å²) >= 11 is 1.37.